The number of halogens is 1. The lowest BCUT2D eigenvalue weighted by Gasteiger charge is -2.34. The first-order chi connectivity index (χ1) is 15.8. The lowest BCUT2D eigenvalue weighted by molar-refractivity contribution is -0.123. The first kappa shape index (κ1) is 22.2. The molecule has 0 unspecified atom stereocenters. The maximum Gasteiger partial charge on any atom is 0.262 e. The smallest absolute Gasteiger partial charge is 0.262 e. The number of nitrogens with one attached hydrogen (secondary N) is 1. The summed E-state index contributed by atoms with van der Waals surface area (Å²) in [5.74, 6) is -0.233. The van der Waals surface area contributed by atoms with Crippen LogP contribution in [0.25, 0.3) is 0 Å². The maximum atomic E-state index is 13.3. The van der Waals surface area contributed by atoms with Crippen LogP contribution in [0.5, 0.6) is 5.75 Å². The Morgan fingerprint density at radius 2 is 1.91 bits per heavy atom. The van der Waals surface area contributed by atoms with Gasteiger partial charge in [0.2, 0.25) is 15.9 Å². The quantitative estimate of drug-likeness (QED) is 0.714. The third-order valence-corrected chi connectivity index (χ3v) is 8.90. The Labute approximate surface area is 197 Å². The summed E-state index contributed by atoms with van der Waals surface area (Å²) in [7, 11) is -3.88. The number of anilines is 2. The zero-order valence-corrected chi connectivity index (χ0v) is 19.7. The largest absolute Gasteiger partial charge is 0.482 e. The predicted octanol–water partition coefficient (Wildman–Crippen LogP) is 3.05. The van der Waals surface area contributed by atoms with Gasteiger partial charge in [0.15, 0.2) is 6.61 Å². The van der Waals surface area contributed by atoms with E-state index in [-0.39, 0.29) is 59.1 Å². The van der Waals surface area contributed by atoms with Gasteiger partial charge in [-0.2, -0.15) is 4.31 Å². The molecule has 0 radical (unpaired) electrons. The van der Waals surface area contributed by atoms with Crippen LogP contribution in [0, 0.1) is 5.92 Å². The van der Waals surface area contributed by atoms with Crippen LogP contribution in [0.1, 0.15) is 25.3 Å². The van der Waals surface area contributed by atoms with Gasteiger partial charge in [0, 0.05) is 36.8 Å². The normalized spacial score (nSPS) is 21.2. The standard InChI is InChI=1S/C23H24ClN3O5S/c1-14-10-16-4-2-3-5-19(16)27(14)23(29)15-6-8-26(9-7-15)33(30,31)21-12-20-18(11-17(21)24)25-22(28)13-32-20/h2-5,11-12,14-15H,6-10,13H2,1H3,(H,25,28)/t14-/m1/s1. The fourth-order valence-corrected chi connectivity index (χ4v) is 6.85. The molecule has 3 aliphatic heterocycles. The highest BCUT2D eigenvalue weighted by atomic mass is 35.5. The number of carbonyl (C=O) groups is 2. The van der Waals surface area contributed by atoms with Crippen molar-refractivity contribution in [1.29, 1.82) is 0 Å². The molecule has 0 aliphatic carbocycles. The minimum Gasteiger partial charge on any atom is -0.482 e. The number of carbonyl (C=O) groups excluding carboxylic acids is 2. The van der Waals surface area contributed by atoms with Crippen LogP contribution in [0.4, 0.5) is 11.4 Å². The third kappa shape index (κ3) is 3.88. The minimum atomic E-state index is -3.88. The van der Waals surface area contributed by atoms with Crippen molar-refractivity contribution in [3.63, 3.8) is 0 Å². The van der Waals surface area contributed by atoms with Gasteiger partial charge < -0.3 is 15.0 Å². The van der Waals surface area contributed by atoms with E-state index in [1.807, 2.05) is 36.1 Å². The topological polar surface area (TPSA) is 96.0 Å². The van der Waals surface area contributed by atoms with Gasteiger partial charge >= 0.3 is 0 Å². The van der Waals surface area contributed by atoms with Crippen molar-refractivity contribution in [3.05, 3.63) is 47.0 Å². The third-order valence-electron chi connectivity index (χ3n) is 6.53. The number of sulfonamides is 1. The number of para-hydroxylation sites is 1. The van der Waals surface area contributed by atoms with E-state index in [4.69, 9.17) is 16.3 Å². The molecule has 2 amide bonds. The van der Waals surface area contributed by atoms with Gasteiger partial charge in [-0.1, -0.05) is 29.8 Å². The Balaban J connectivity index is 1.31. The van der Waals surface area contributed by atoms with Gasteiger partial charge in [-0.05, 0) is 43.9 Å². The fourth-order valence-electron chi connectivity index (χ4n) is 4.86. The molecule has 5 rings (SSSR count). The summed E-state index contributed by atoms with van der Waals surface area (Å²) in [4.78, 5) is 26.6. The van der Waals surface area contributed by atoms with Gasteiger partial charge in [-0.3, -0.25) is 9.59 Å². The van der Waals surface area contributed by atoms with Gasteiger partial charge in [0.1, 0.15) is 10.6 Å². The summed E-state index contributed by atoms with van der Waals surface area (Å²) in [6.07, 6.45) is 1.71. The van der Waals surface area contributed by atoms with E-state index >= 15 is 0 Å². The molecule has 1 saturated heterocycles. The van der Waals surface area contributed by atoms with Crippen LogP contribution in [0.3, 0.4) is 0 Å². The lowest BCUT2D eigenvalue weighted by Crippen LogP contribution is -2.46. The van der Waals surface area contributed by atoms with Crippen molar-refractivity contribution in [1.82, 2.24) is 4.31 Å². The molecule has 10 heteroatoms. The number of ether oxygens (including phenoxy) is 1. The van der Waals surface area contributed by atoms with Crippen LogP contribution >= 0.6 is 11.6 Å². The van der Waals surface area contributed by atoms with Crippen molar-refractivity contribution < 1.29 is 22.7 Å². The van der Waals surface area contributed by atoms with Crippen molar-refractivity contribution >= 4 is 44.8 Å². The molecule has 1 atom stereocenters. The molecular formula is C23H24ClN3O5S. The zero-order chi connectivity index (χ0) is 23.3. The highest BCUT2D eigenvalue weighted by Crippen LogP contribution is 2.38. The summed E-state index contributed by atoms with van der Waals surface area (Å²) in [5.41, 5.74) is 2.47. The Hall–Kier alpha value is -2.62. The van der Waals surface area contributed by atoms with E-state index in [0.717, 1.165) is 12.1 Å². The molecule has 0 spiro atoms. The van der Waals surface area contributed by atoms with Gasteiger partial charge in [0.25, 0.3) is 5.91 Å². The molecule has 174 valence electrons. The molecule has 1 fully saturated rings. The molecule has 33 heavy (non-hydrogen) atoms. The first-order valence-electron chi connectivity index (χ1n) is 10.9. The Morgan fingerprint density at radius 1 is 1.18 bits per heavy atom. The number of hydrogen-bond acceptors (Lipinski definition) is 5. The van der Waals surface area contributed by atoms with E-state index in [9.17, 15) is 18.0 Å². The first-order valence-corrected chi connectivity index (χ1v) is 12.7. The molecule has 0 bridgehead atoms. The highest BCUT2D eigenvalue weighted by Gasteiger charge is 2.39. The Bertz CT molecular complexity index is 1240. The molecular weight excluding hydrogens is 466 g/mol. The van der Waals surface area contributed by atoms with E-state index < -0.39 is 10.0 Å². The average molecular weight is 490 g/mol. The van der Waals surface area contributed by atoms with E-state index in [1.165, 1.54) is 22.0 Å². The molecule has 2 aromatic rings. The minimum absolute atomic E-state index is 0.0141. The summed E-state index contributed by atoms with van der Waals surface area (Å²) in [6, 6.07) is 10.8. The zero-order valence-electron chi connectivity index (χ0n) is 18.1. The number of piperidine rings is 1. The fraction of sp³-hybridized carbons (Fsp3) is 0.391. The molecule has 1 N–H and O–H groups in total. The van der Waals surface area contributed by atoms with Crippen molar-refractivity contribution in [2.45, 2.75) is 37.1 Å². The number of nitrogens with zero attached hydrogens (tertiary/aromatic N) is 2. The second kappa shape index (κ2) is 8.30. The van der Waals surface area contributed by atoms with Crippen molar-refractivity contribution in [2.24, 2.45) is 5.92 Å². The molecule has 0 saturated carbocycles. The maximum absolute atomic E-state index is 13.3. The summed E-state index contributed by atoms with van der Waals surface area (Å²) in [5, 5.41) is 2.63. The SMILES string of the molecule is C[C@@H]1Cc2ccccc2N1C(=O)C1CCN(S(=O)(=O)c2cc3c(cc2Cl)NC(=O)CO3)CC1. The van der Waals surface area contributed by atoms with Crippen LogP contribution < -0.4 is 15.0 Å². The second-order valence-electron chi connectivity index (χ2n) is 8.68. The van der Waals surface area contributed by atoms with Gasteiger partial charge in [0.05, 0.1) is 10.7 Å². The summed E-state index contributed by atoms with van der Waals surface area (Å²) >= 11 is 6.27. The van der Waals surface area contributed by atoms with Crippen LogP contribution in [-0.4, -0.2) is 50.3 Å². The van der Waals surface area contributed by atoms with E-state index in [0.29, 0.717) is 18.5 Å². The molecule has 3 heterocycles. The average Bonchev–Trinajstić information content (AvgIpc) is 3.13. The van der Waals surface area contributed by atoms with Gasteiger partial charge in [-0.25, -0.2) is 8.42 Å². The number of rotatable bonds is 3. The second-order valence-corrected chi connectivity index (χ2v) is 11.0. The van der Waals surface area contributed by atoms with Crippen LogP contribution in [0.15, 0.2) is 41.3 Å². The number of amides is 2. The van der Waals surface area contributed by atoms with E-state index in [1.54, 1.807) is 0 Å². The highest BCUT2D eigenvalue weighted by molar-refractivity contribution is 7.89. The molecule has 3 aliphatic rings. The number of hydrogen-bond donors (Lipinski definition) is 1. The molecule has 2 aromatic carbocycles. The molecule has 8 nitrogen and oxygen atoms in total. The van der Waals surface area contributed by atoms with E-state index in [2.05, 4.69) is 5.32 Å². The Morgan fingerprint density at radius 3 is 2.67 bits per heavy atom. The Kier molecular flexibility index (Phi) is 5.58. The monoisotopic (exact) mass is 489 g/mol. The summed E-state index contributed by atoms with van der Waals surface area (Å²) < 4.78 is 33.3. The lowest BCUT2D eigenvalue weighted by atomic mass is 9.96. The number of benzene rings is 2. The van der Waals surface area contributed by atoms with Gasteiger partial charge in [-0.15, -0.1) is 0 Å². The predicted molar refractivity (Wildman–Crippen MR) is 124 cm³/mol. The van der Waals surface area contributed by atoms with Crippen LogP contribution in [-0.2, 0) is 26.0 Å². The van der Waals surface area contributed by atoms with Crippen molar-refractivity contribution in [3.8, 4) is 5.75 Å². The number of fused-ring (bicyclic) bond motifs is 2. The summed E-state index contributed by atoms with van der Waals surface area (Å²) in [6.45, 7) is 2.32. The molecule has 0 aromatic heterocycles. The van der Waals surface area contributed by atoms with Crippen molar-refractivity contribution in [2.75, 3.05) is 29.9 Å². The van der Waals surface area contributed by atoms with Crippen LogP contribution in [0.2, 0.25) is 5.02 Å².